The average Bonchev–Trinajstić information content (AvgIpc) is 2.24. The van der Waals surface area contributed by atoms with Gasteiger partial charge >= 0.3 is 11.9 Å². The van der Waals surface area contributed by atoms with Gasteiger partial charge in [0.15, 0.2) is 11.6 Å². The average molecular weight is 256 g/mol. The largest absolute Gasteiger partial charge is 0.462 e. The van der Waals surface area contributed by atoms with Crippen LogP contribution in [0, 0.1) is 0 Å². The van der Waals surface area contributed by atoms with Crippen LogP contribution in [0.3, 0.4) is 0 Å². The van der Waals surface area contributed by atoms with Gasteiger partial charge in [-0.15, -0.1) is 0 Å². The van der Waals surface area contributed by atoms with Crippen molar-refractivity contribution in [3.8, 4) is 0 Å². The summed E-state index contributed by atoms with van der Waals surface area (Å²) in [5.41, 5.74) is -1.13. The number of carbonyl (C=O) groups is 4. The molecule has 0 fully saturated rings. The van der Waals surface area contributed by atoms with Crippen molar-refractivity contribution in [1.82, 2.24) is 0 Å². The third-order valence-corrected chi connectivity index (χ3v) is 1.91. The van der Waals surface area contributed by atoms with Gasteiger partial charge in [-0.25, -0.2) is 9.59 Å². The SMILES string of the molecule is CCOC(=O)C(C(C)=O)=C(C(C)=O)C(=O)OCC. The van der Waals surface area contributed by atoms with Crippen molar-refractivity contribution in [2.24, 2.45) is 0 Å². The molecule has 0 aliphatic carbocycles. The first kappa shape index (κ1) is 16.0. The van der Waals surface area contributed by atoms with Crippen molar-refractivity contribution < 1.29 is 28.7 Å². The maximum absolute atomic E-state index is 11.6. The fraction of sp³-hybridized carbons (Fsp3) is 0.500. The first-order chi connectivity index (χ1) is 8.36. The first-order valence-corrected chi connectivity index (χ1v) is 5.47. The fourth-order valence-electron chi connectivity index (χ4n) is 1.25. The van der Waals surface area contributed by atoms with Gasteiger partial charge in [-0.1, -0.05) is 0 Å². The number of rotatable bonds is 6. The smallest absolute Gasteiger partial charge is 0.342 e. The number of hydrogen-bond acceptors (Lipinski definition) is 6. The summed E-state index contributed by atoms with van der Waals surface area (Å²) < 4.78 is 9.29. The lowest BCUT2D eigenvalue weighted by Gasteiger charge is -2.09. The molecule has 0 atom stereocenters. The molecule has 0 N–H and O–H groups in total. The predicted octanol–water partition coefficient (Wildman–Crippen LogP) is 0.587. The zero-order valence-corrected chi connectivity index (χ0v) is 10.9. The highest BCUT2D eigenvalue weighted by Gasteiger charge is 2.29. The van der Waals surface area contributed by atoms with Gasteiger partial charge in [0.25, 0.3) is 0 Å². The number of Topliss-reactive ketones (excluding diaryl/α,β-unsaturated/α-hetero) is 2. The minimum absolute atomic E-state index is 0.0314. The van der Waals surface area contributed by atoms with Crippen LogP contribution in [0.1, 0.15) is 27.7 Å². The van der Waals surface area contributed by atoms with Crippen molar-refractivity contribution in [3.63, 3.8) is 0 Å². The number of ether oxygens (including phenoxy) is 2. The van der Waals surface area contributed by atoms with Crippen LogP contribution in [0.25, 0.3) is 0 Å². The van der Waals surface area contributed by atoms with Crippen molar-refractivity contribution in [2.75, 3.05) is 13.2 Å². The molecule has 0 heterocycles. The van der Waals surface area contributed by atoms with E-state index in [4.69, 9.17) is 0 Å². The summed E-state index contributed by atoms with van der Waals surface area (Å²) in [5.74, 6) is -3.43. The molecule has 0 radical (unpaired) electrons. The first-order valence-electron chi connectivity index (χ1n) is 5.47. The highest BCUT2D eigenvalue weighted by Crippen LogP contribution is 2.12. The molecular weight excluding hydrogens is 240 g/mol. The Hall–Kier alpha value is -1.98. The monoisotopic (exact) mass is 256 g/mol. The third-order valence-electron chi connectivity index (χ3n) is 1.91. The Morgan fingerprint density at radius 1 is 0.722 bits per heavy atom. The van der Waals surface area contributed by atoms with Crippen molar-refractivity contribution >= 4 is 23.5 Å². The Balaban J connectivity index is 5.73. The lowest BCUT2D eigenvalue weighted by atomic mass is 10.0. The number of ketones is 2. The maximum Gasteiger partial charge on any atom is 0.342 e. The Bertz CT molecular complexity index is 367. The van der Waals surface area contributed by atoms with Crippen molar-refractivity contribution in [2.45, 2.75) is 27.7 Å². The van der Waals surface area contributed by atoms with E-state index in [-0.39, 0.29) is 13.2 Å². The van der Waals surface area contributed by atoms with Crippen LogP contribution in [-0.4, -0.2) is 36.7 Å². The Morgan fingerprint density at radius 2 is 1.00 bits per heavy atom. The van der Waals surface area contributed by atoms with E-state index in [0.29, 0.717) is 0 Å². The van der Waals surface area contributed by atoms with E-state index in [1.165, 1.54) is 0 Å². The van der Waals surface area contributed by atoms with Crippen LogP contribution < -0.4 is 0 Å². The van der Waals surface area contributed by atoms with Gasteiger partial charge in [-0.2, -0.15) is 0 Å². The standard InChI is InChI=1S/C12H16O6/c1-5-17-11(15)9(7(3)13)10(8(4)14)12(16)18-6-2/h5-6H2,1-4H3. The molecule has 0 saturated carbocycles. The highest BCUT2D eigenvalue weighted by molar-refractivity contribution is 6.29. The zero-order valence-electron chi connectivity index (χ0n) is 10.9. The van der Waals surface area contributed by atoms with E-state index in [0.717, 1.165) is 13.8 Å². The minimum Gasteiger partial charge on any atom is -0.462 e. The molecule has 0 aliphatic heterocycles. The molecule has 0 aromatic rings. The van der Waals surface area contributed by atoms with Crippen LogP contribution in [-0.2, 0) is 28.7 Å². The van der Waals surface area contributed by atoms with Crippen LogP contribution in [0.2, 0.25) is 0 Å². The van der Waals surface area contributed by atoms with Crippen LogP contribution in [0.5, 0.6) is 0 Å². The molecule has 0 aliphatic rings. The van der Waals surface area contributed by atoms with Gasteiger partial charge in [0.1, 0.15) is 11.1 Å². The van der Waals surface area contributed by atoms with E-state index in [9.17, 15) is 19.2 Å². The molecule has 0 spiro atoms. The van der Waals surface area contributed by atoms with E-state index < -0.39 is 34.7 Å². The second-order valence-electron chi connectivity index (χ2n) is 3.30. The van der Waals surface area contributed by atoms with Gasteiger partial charge in [-0.05, 0) is 27.7 Å². The van der Waals surface area contributed by atoms with Crippen molar-refractivity contribution in [1.29, 1.82) is 0 Å². The number of carbonyl (C=O) groups excluding carboxylic acids is 4. The molecule has 0 rings (SSSR count). The van der Waals surface area contributed by atoms with Gasteiger partial charge < -0.3 is 9.47 Å². The normalized spacial score (nSPS) is 11.3. The molecule has 0 bridgehead atoms. The molecule has 18 heavy (non-hydrogen) atoms. The third kappa shape index (κ3) is 4.12. The van der Waals surface area contributed by atoms with E-state index in [1.54, 1.807) is 13.8 Å². The lowest BCUT2D eigenvalue weighted by Crippen LogP contribution is -2.24. The van der Waals surface area contributed by atoms with E-state index >= 15 is 0 Å². The molecule has 6 nitrogen and oxygen atoms in total. The van der Waals surface area contributed by atoms with Gasteiger partial charge in [0, 0.05) is 0 Å². The summed E-state index contributed by atoms with van der Waals surface area (Å²) >= 11 is 0. The maximum atomic E-state index is 11.6. The Kier molecular flexibility index (Phi) is 6.56. The summed E-state index contributed by atoms with van der Waals surface area (Å²) in [5, 5.41) is 0. The molecular formula is C12H16O6. The molecule has 6 heteroatoms. The summed E-state index contributed by atoms with van der Waals surface area (Å²) in [6.45, 7) is 5.32. The van der Waals surface area contributed by atoms with Crippen LogP contribution in [0.15, 0.2) is 11.1 Å². The quantitative estimate of drug-likeness (QED) is 0.299. The summed E-state index contributed by atoms with van der Waals surface area (Å²) in [6.07, 6.45) is 0. The molecule has 0 amide bonds. The predicted molar refractivity (Wildman–Crippen MR) is 61.7 cm³/mol. The molecule has 100 valence electrons. The molecule has 0 aromatic heterocycles. The van der Waals surface area contributed by atoms with Crippen LogP contribution >= 0.6 is 0 Å². The lowest BCUT2D eigenvalue weighted by molar-refractivity contribution is -0.144. The Morgan fingerprint density at radius 3 is 1.17 bits per heavy atom. The van der Waals surface area contributed by atoms with Gasteiger partial charge in [-0.3, -0.25) is 9.59 Å². The van der Waals surface area contributed by atoms with Crippen molar-refractivity contribution in [3.05, 3.63) is 11.1 Å². The van der Waals surface area contributed by atoms with E-state index in [2.05, 4.69) is 9.47 Å². The summed E-state index contributed by atoms with van der Waals surface area (Å²) in [4.78, 5) is 45.9. The summed E-state index contributed by atoms with van der Waals surface area (Å²) in [7, 11) is 0. The fourth-order valence-corrected chi connectivity index (χ4v) is 1.25. The number of hydrogen-bond donors (Lipinski definition) is 0. The van der Waals surface area contributed by atoms with Gasteiger partial charge in [0.2, 0.25) is 0 Å². The van der Waals surface area contributed by atoms with E-state index in [1.807, 2.05) is 0 Å². The van der Waals surface area contributed by atoms with Gasteiger partial charge in [0.05, 0.1) is 13.2 Å². The second kappa shape index (κ2) is 7.37. The van der Waals surface area contributed by atoms with Crippen LogP contribution in [0.4, 0.5) is 0 Å². The topological polar surface area (TPSA) is 86.7 Å². The number of esters is 2. The second-order valence-corrected chi connectivity index (χ2v) is 3.30. The summed E-state index contributed by atoms with van der Waals surface area (Å²) in [6, 6.07) is 0. The zero-order chi connectivity index (χ0) is 14.3. The molecule has 0 aromatic carbocycles. The minimum atomic E-state index is -0.997. The Labute approximate surface area is 105 Å². The molecule has 0 saturated heterocycles. The molecule has 0 unspecified atom stereocenters. The highest BCUT2D eigenvalue weighted by atomic mass is 16.5.